The molecule has 3 aromatic carbocycles. The summed E-state index contributed by atoms with van der Waals surface area (Å²) in [5, 5.41) is 3.13. The SMILES string of the molecule is Cc1ccc(Cl)cc1N(CC(=O)N[C@H](C)c1ccc(S(C)(=O)=O)cc1)S(=O)(=O)c1ccccc1. The molecule has 1 amide bonds. The average molecular weight is 521 g/mol. The van der Waals surface area contributed by atoms with Crippen LogP contribution in [0.5, 0.6) is 0 Å². The molecule has 0 spiro atoms. The lowest BCUT2D eigenvalue weighted by atomic mass is 10.1. The van der Waals surface area contributed by atoms with E-state index in [0.717, 1.165) is 10.6 Å². The second-order valence-corrected chi connectivity index (χ2v) is 12.2. The molecule has 0 saturated heterocycles. The molecule has 0 aliphatic heterocycles. The number of nitrogens with zero attached hydrogens (tertiary/aromatic N) is 1. The van der Waals surface area contributed by atoms with Gasteiger partial charge in [-0.3, -0.25) is 9.10 Å². The fraction of sp³-hybridized carbons (Fsp3) is 0.208. The zero-order valence-electron chi connectivity index (χ0n) is 18.9. The summed E-state index contributed by atoms with van der Waals surface area (Å²) in [4.78, 5) is 13.2. The van der Waals surface area contributed by atoms with E-state index in [4.69, 9.17) is 11.6 Å². The van der Waals surface area contributed by atoms with Crippen molar-refractivity contribution in [2.75, 3.05) is 17.1 Å². The van der Waals surface area contributed by atoms with Crippen molar-refractivity contribution in [3.05, 3.63) is 88.9 Å². The molecule has 180 valence electrons. The van der Waals surface area contributed by atoms with Crippen molar-refractivity contribution >= 4 is 43.1 Å². The third-order valence-electron chi connectivity index (χ3n) is 5.24. The number of sulfonamides is 1. The van der Waals surface area contributed by atoms with Crippen LogP contribution in [0.2, 0.25) is 5.02 Å². The molecule has 0 aromatic heterocycles. The van der Waals surface area contributed by atoms with Crippen LogP contribution in [0.25, 0.3) is 0 Å². The van der Waals surface area contributed by atoms with E-state index in [-0.39, 0.29) is 9.79 Å². The van der Waals surface area contributed by atoms with E-state index >= 15 is 0 Å². The molecule has 1 atom stereocenters. The first-order valence-corrected chi connectivity index (χ1v) is 14.0. The van der Waals surface area contributed by atoms with Crippen molar-refractivity contribution in [1.29, 1.82) is 0 Å². The summed E-state index contributed by atoms with van der Waals surface area (Å²) in [6, 6.07) is 18.4. The van der Waals surface area contributed by atoms with Crippen LogP contribution in [0.15, 0.2) is 82.6 Å². The fourth-order valence-corrected chi connectivity index (χ4v) is 5.67. The molecule has 0 aliphatic rings. The van der Waals surface area contributed by atoms with E-state index in [1.807, 2.05) is 0 Å². The minimum absolute atomic E-state index is 0.0478. The van der Waals surface area contributed by atoms with Gasteiger partial charge in [-0.05, 0) is 61.4 Å². The lowest BCUT2D eigenvalue weighted by Gasteiger charge is -2.26. The number of sulfone groups is 1. The predicted molar refractivity (Wildman–Crippen MR) is 133 cm³/mol. The van der Waals surface area contributed by atoms with Gasteiger partial charge in [0, 0.05) is 11.3 Å². The molecule has 1 N–H and O–H groups in total. The van der Waals surface area contributed by atoms with Crippen LogP contribution < -0.4 is 9.62 Å². The number of carbonyl (C=O) groups is 1. The topological polar surface area (TPSA) is 101 Å². The highest BCUT2D eigenvalue weighted by Gasteiger charge is 2.29. The molecule has 0 bridgehead atoms. The third kappa shape index (κ3) is 5.97. The van der Waals surface area contributed by atoms with Gasteiger partial charge in [-0.15, -0.1) is 0 Å². The van der Waals surface area contributed by atoms with E-state index in [2.05, 4.69) is 5.32 Å². The molecule has 0 saturated carbocycles. The molecule has 7 nitrogen and oxygen atoms in total. The average Bonchev–Trinajstić information content (AvgIpc) is 2.79. The van der Waals surface area contributed by atoms with Crippen LogP contribution in [-0.2, 0) is 24.7 Å². The number of carbonyl (C=O) groups excluding carboxylic acids is 1. The zero-order chi connectivity index (χ0) is 25.1. The van der Waals surface area contributed by atoms with Crippen LogP contribution in [0.3, 0.4) is 0 Å². The van der Waals surface area contributed by atoms with Crippen molar-refractivity contribution in [3.8, 4) is 0 Å². The molecule has 3 rings (SSSR count). The predicted octanol–water partition coefficient (Wildman–Crippen LogP) is 4.12. The molecule has 0 radical (unpaired) electrons. The Morgan fingerprint density at radius 1 is 0.941 bits per heavy atom. The van der Waals surface area contributed by atoms with Gasteiger partial charge in [0.25, 0.3) is 10.0 Å². The van der Waals surface area contributed by atoms with Crippen molar-refractivity contribution in [2.45, 2.75) is 29.7 Å². The first-order chi connectivity index (χ1) is 15.9. The van der Waals surface area contributed by atoms with Crippen molar-refractivity contribution in [1.82, 2.24) is 5.32 Å². The van der Waals surface area contributed by atoms with E-state index in [1.54, 1.807) is 56.3 Å². The van der Waals surface area contributed by atoms with Crippen molar-refractivity contribution < 1.29 is 21.6 Å². The maximum atomic E-state index is 13.5. The largest absolute Gasteiger partial charge is 0.348 e. The highest BCUT2D eigenvalue weighted by molar-refractivity contribution is 7.93. The highest BCUT2D eigenvalue weighted by Crippen LogP contribution is 2.29. The summed E-state index contributed by atoms with van der Waals surface area (Å²) >= 11 is 6.14. The van der Waals surface area contributed by atoms with E-state index in [1.165, 1.54) is 30.3 Å². The molecule has 0 unspecified atom stereocenters. The van der Waals surface area contributed by atoms with Crippen LogP contribution in [0.4, 0.5) is 5.69 Å². The maximum absolute atomic E-state index is 13.5. The molecule has 34 heavy (non-hydrogen) atoms. The number of nitrogens with one attached hydrogen (secondary N) is 1. The van der Waals surface area contributed by atoms with Gasteiger partial charge >= 0.3 is 0 Å². The Bertz CT molecular complexity index is 1390. The fourth-order valence-electron chi connectivity index (χ4n) is 3.38. The number of amides is 1. The molecule has 0 aliphatic carbocycles. The molecular weight excluding hydrogens is 496 g/mol. The molecule has 0 heterocycles. The lowest BCUT2D eigenvalue weighted by Crippen LogP contribution is -2.41. The molecule has 0 fully saturated rings. The Morgan fingerprint density at radius 3 is 2.15 bits per heavy atom. The summed E-state index contributed by atoms with van der Waals surface area (Å²) in [5.41, 5.74) is 1.62. The van der Waals surface area contributed by atoms with E-state index in [9.17, 15) is 21.6 Å². The van der Waals surface area contributed by atoms with Gasteiger partial charge in [0.05, 0.1) is 21.5 Å². The van der Waals surface area contributed by atoms with Gasteiger partial charge in [-0.25, -0.2) is 16.8 Å². The maximum Gasteiger partial charge on any atom is 0.264 e. The van der Waals surface area contributed by atoms with E-state index in [0.29, 0.717) is 21.8 Å². The number of anilines is 1. The normalized spacial score (nSPS) is 12.7. The van der Waals surface area contributed by atoms with Gasteiger partial charge in [-0.1, -0.05) is 48.0 Å². The van der Waals surface area contributed by atoms with Crippen LogP contribution in [0, 0.1) is 6.92 Å². The Kier molecular flexibility index (Phi) is 7.70. The van der Waals surface area contributed by atoms with Gasteiger partial charge < -0.3 is 5.32 Å². The highest BCUT2D eigenvalue weighted by atomic mass is 35.5. The van der Waals surface area contributed by atoms with E-state index < -0.39 is 38.4 Å². The summed E-state index contributed by atoms with van der Waals surface area (Å²) in [5.74, 6) is -0.529. The smallest absolute Gasteiger partial charge is 0.264 e. The minimum Gasteiger partial charge on any atom is -0.348 e. The van der Waals surface area contributed by atoms with Gasteiger partial charge in [0.15, 0.2) is 9.84 Å². The van der Waals surface area contributed by atoms with Gasteiger partial charge in [0.1, 0.15) is 6.54 Å². The second kappa shape index (κ2) is 10.2. The summed E-state index contributed by atoms with van der Waals surface area (Å²) in [7, 11) is -7.40. The van der Waals surface area contributed by atoms with Crippen molar-refractivity contribution in [3.63, 3.8) is 0 Å². The Labute approximate surface area is 205 Å². The molecular formula is C24H25ClN2O5S2. The lowest BCUT2D eigenvalue weighted by molar-refractivity contribution is -0.120. The first-order valence-electron chi connectivity index (χ1n) is 10.3. The Morgan fingerprint density at radius 2 is 1.56 bits per heavy atom. The number of hydrogen-bond donors (Lipinski definition) is 1. The van der Waals surface area contributed by atoms with Crippen LogP contribution >= 0.6 is 11.6 Å². The standard InChI is InChI=1S/C24H25ClN2O5S2/c1-17-9-12-20(25)15-23(17)27(34(31,32)22-7-5-4-6-8-22)16-24(28)26-18(2)19-10-13-21(14-11-19)33(3,29)30/h4-15,18H,16H2,1-3H3,(H,26,28)/t18-/m1/s1. The first kappa shape index (κ1) is 25.7. The van der Waals surface area contributed by atoms with Crippen LogP contribution in [0.1, 0.15) is 24.1 Å². The molecule has 3 aromatic rings. The van der Waals surface area contributed by atoms with Gasteiger partial charge in [0.2, 0.25) is 5.91 Å². The zero-order valence-corrected chi connectivity index (χ0v) is 21.3. The summed E-state index contributed by atoms with van der Waals surface area (Å²) in [6.45, 7) is 3.00. The molecule has 10 heteroatoms. The van der Waals surface area contributed by atoms with Gasteiger partial charge in [-0.2, -0.15) is 0 Å². The summed E-state index contributed by atoms with van der Waals surface area (Å²) < 4.78 is 51.3. The minimum atomic E-state index is -4.06. The third-order valence-corrected chi connectivity index (χ3v) is 8.38. The number of rotatable bonds is 8. The number of halogens is 1. The Hall–Kier alpha value is -2.88. The number of hydrogen-bond acceptors (Lipinski definition) is 5. The Balaban J connectivity index is 1.89. The number of benzene rings is 3. The number of aryl methyl sites for hydroxylation is 1. The van der Waals surface area contributed by atoms with Crippen LogP contribution in [-0.4, -0.2) is 35.5 Å². The quantitative estimate of drug-likeness (QED) is 0.481. The second-order valence-electron chi connectivity index (χ2n) is 7.89. The monoisotopic (exact) mass is 520 g/mol. The van der Waals surface area contributed by atoms with Crippen molar-refractivity contribution in [2.24, 2.45) is 0 Å². The summed E-state index contributed by atoms with van der Waals surface area (Å²) in [6.07, 6.45) is 1.12.